The lowest BCUT2D eigenvalue weighted by Gasteiger charge is -2.27. The number of methoxy groups -OCH3 is 3. The molecule has 456 valence electrons. The second-order valence-corrected chi connectivity index (χ2v) is 20.5. The van der Waals surface area contributed by atoms with Crippen LogP contribution in [0.2, 0.25) is 0 Å². The van der Waals surface area contributed by atoms with Gasteiger partial charge in [-0.05, 0) is 124 Å². The summed E-state index contributed by atoms with van der Waals surface area (Å²) in [6.07, 6.45) is 7.53. The smallest absolute Gasteiger partial charge is 0.266 e. The molecule has 3 aliphatic rings. The number of likely N-dealkylation sites (N-methyl/N-ethyl adjacent to an activating group) is 3. The van der Waals surface area contributed by atoms with E-state index in [2.05, 4.69) is 29.9 Å². The summed E-state index contributed by atoms with van der Waals surface area (Å²) in [7, 11) is 9.13. The van der Waals surface area contributed by atoms with Gasteiger partial charge in [-0.25, -0.2) is 41.3 Å². The molecule has 0 fully saturated rings. The number of ether oxygens (including phenoxy) is 3. The molecule has 0 spiro atoms. The number of carbonyl (C=O) groups is 3. The van der Waals surface area contributed by atoms with Gasteiger partial charge in [0, 0.05) is 91.7 Å². The molecule has 0 saturated carbocycles. The molecule has 9 aromatic rings. The number of guanidine groups is 3. The van der Waals surface area contributed by atoms with Crippen molar-refractivity contribution >= 4 is 35.6 Å². The number of aromatic nitrogens is 3. The van der Waals surface area contributed by atoms with Gasteiger partial charge in [-0.1, -0.05) is 54.6 Å². The van der Waals surface area contributed by atoms with Crippen molar-refractivity contribution in [1.82, 2.24) is 29.7 Å². The van der Waals surface area contributed by atoms with Gasteiger partial charge in [-0.15, -0.1) is 0 Å². The van der Waals surface area contributed by atoms with Crippen molar-refractivity contribution < 1.29 is 54.9 Å². The first kappa shape index (κ1) is 61.7. The Balaban J connectivity index is 0.000000148. The van der Waals surface area contributed by atoms with Gasteiger partial charge in [0.1, 0.15) is 52.2 Å². The SMILES string of the molecule is COc1ccc(C2(c3ccc(F)c(-c4cnccc4F)c3)N=C(N)N(C)C2=O)cc1.COc1ccc([C@@]2(c3ccc(F)c(-c4cnccc4F)c3)N=C(N)N(C)C2=O)cc1.COc1ccc([C@]2(c3ccc(F)c(-c4cnccc4F)c3)N=C(N)N(C)C2=O)cc1. The van der Waals surface area contributed by atoms with Crippen LogP contribution in [0.3, 0.4) is 0 Å². The number of hydrogen-bond acceptors (Lipinski definition) is 15. The van der Waals surface area contributed by atoms with Crippen molar-refractivity contribution in [3.8, 4) is 50.6 Å². The first-order chi connectivity index (χ1) is 43.1. The Morgan fingerprint density at radius 2 is 0.556 bits per heavy atom. The molecule has 0 saturated heterocycles. The Hall–Kier alpha value is -11.4. The number of amides is 3. The van der Waals surface area contributed by atoms with E-state index in [0.29, 0.717) is 50.6 Å². The van der Waals surface area contributed by atoms with Gasteiger partial charge in [0.2, 0.25) is 0 Å². The Morgan fingerprint density at radius 3 is 0.756 bits per heavy atom. The highest BCUT2D eigenvalue weighted by molar-refractivity contribution is 6.11. The van der Waals surface area contributed by atoms with Gasteiger partial charge in [-0.2, -0.15) is 0 Å². The van der Waals surface area contributed by atoms with E-state index in [1.54, 1.807) is 72.8 Å². The summed E-state index contributed by atoms with van der Waals surface area (Å²) in [5.41, 5.74) is 15.8. The van der Waals surface area contributed by atoms with Crippen molar-refractivity contribution in [2.45, 2.75) is 16.6 Å². The molecule has 24 heteroatoms. The van der Waals surface area contributed by atoms with E-state index in [-0.39, 0.29) is 51.3 Å². The highest BCUT2D eigenvalue weighted by Gasteiger charge is 2.52. The molecule has 0 radical (unpaired) electrons. The largest absolute Gasteiger partial charge is 0.497 e. The van der Waals surface area contributed by atoms with Crippen LogP contribution in [0.5, 0.6) is 17.2 Å². The van der Waals surface area contributed by atoms with E-state index in [4.69, 9.17) is 31.4 Å². The number of nitrogens with zero attached hydrogens (tertiary/aromatic N) is 9. The molecule has 0 bridgehead atoms. The maximum atomic E-state index is 14.6. The summed E-state index contributed by atoms with van der Waals surface area (Å²) >= 11 is 0. The van der Waals surface area contributed by atoms with Crippen LogP contribution in [-0.4, -0.2) is 108 Å². The zero-order valence-corrected chi connectivity index (χ0v) is 48.8. The fourth-order valence-corrected chi connectivity index (χ4v) is 10.6. The lowest BCUT2D eigenvalue weighted by atomic mass is 9.81. The van der Waals surface area contributed by atoms with Crippen molar-refractivity contribution in [1.29, 1.82) is 0 Å². The minimum atomic E-state index is -1.54. The van der Waals surface area contributed by atoms with Crippen LogP contribution in [0.4, 0.5) is 26.3 Å². The fraction of sp³-hybridized carbons (Fsp3) is 0.136. The summed E-state index contributed by atoms with van der Waals surface area (Å²) in [4.78, 5) is 68.7. The molecule has 12 rings (SSSR count). The molecule has 18 nitrogen and oxygen atoms in total. The van der Waals surface area contributed by atoms with Crippen molar-refractivity contribution in [2.24, 2.45) is 32.2 Å². The Morgan fingerprint density at radius 1 is 0.333 bits per heavy atom. The standard InChI is InChI=1S/3C22H18F2N4O2/c3*1-28-20(29)22(27-21(28)25,13-3-6-15(30-2)7-4-13)14-5-8-18(23)16(11-14)17-12-26-10-9-19(17)24/h3*3-12H,1-2H3,(H2,25,27)/t2*22-;/m10./s1. The molecule has 6 heterocycles. The van der Waals surface area contributed by atoms with Crippen LogP contribution >= 0.6 is 0 Å². The number of halogens is 6. The average Bonchev–Trinajstić information content (AvgIpc) is 1.54. The van der Waals surface area contributed by atoms with E-state index in [1.807, 2.05) is 0 Å². The molecule has 3 amide bonds. The monoisotopic (exact) mass is 1220 g/mol. The Labute approximate surface area is 511 Å². The fourth-order valence-electron chi connectivity index (χ4n) is 10.6. The molecular formula is C66H54F6N12O6. The first-order valence-electron chi connectivity index (χ1n) is 27.2. The van der Waals surface area contributed by atoms with Crippen molar-refractivity contribution in [3.63, 3.8) is 0 Å². The predicted octanol–water partition coefficient (Wildman–Crippen LogP) is 9.20. The Kier molecular flexibility index (Phi) is 17.0. The van der Waals surface area contributed by atoms with Crippen molar-refractivity contribution in [3.05, 3.63) is 251 Å². The number of pyridine rings is 3. The summed E-state index contributed by atoms with van der Waals surface area (Å²) in [5, 5.41) is 0. The number of carbonyl (C=O) groups excluding carboxylic acids is 3. The normalized spacial score (nSPS) is 18.5. The molecule has 3 aromatic heterocycles. The molecule has 3 aliphatic heterocycles. The number of aliphatic imine (C=N–C) groups is 3. The third kappa shape index (κ3) is 10.8. The van der Waals surface area contributed by atoms with Crippen molar-refractivity contribution in [2.75, 3.05) is 42.5 Å². The van der Waals surface area contributed by atoms with Gasteiger partial charge >= 0.3 is 0 Å². The summed E-state index contributed by atoms with van der Waals surface area (Å²) in [5.74, 6) is -3.18. The topological polar surface area (TPSA) is 242 Å². The molecule has 1 unspecified atom stereocenters. The maximum Gasteiger partial charge on any atom is 0.266 e. The van der Waals surface area contributed by atoms with Crippen LogP contribution in [0.25, 0.3) is 33.4 Å². The number of nitrogens with two attached hydrogens (primary N) is 3. The van der Waals surface area contributed by atoms with Gasteiger partial charge in [0.15, 0.2) is 34.5 Å². The van der Waals surface area contributed by atoms with Gasteiger partial charge in [0.25, 0.3) is 17.7 Å². The van der Waals surface area contributed by atoms with E-state index in [0.717, 1.165) is 18.2 Å². The highest BCUT2D eigenvalue weighted by Crippen LogP contribution is 2.45. The number of rotatable bonds is 12. The zero-order valence-electron chi connectivity index (χ0n) is 48.8. The molecule has 6 aromatic carbocycles. The number of hydrogen-bond donors (Lipinski definition) is 3. The summed E-state index contributed by atoms with van der Waals surface area (Å²) in [6.45, 7) is 0. The van der Waals surface area contributed by atoms with E-state index >= 15 is 0 Å². The average molecular weight is 1230 g/mol. The quantitative estimate of drug-likeness (QED) is 0.0970. The Bertz CT molecular complexity index is 3930. The molecule has 3 atom stereocenters. The molecule has 0 aliphatic carbocycles. The predicted molar refractivity (Wildman–Crippen MR) is 323 cm³/mol. The summed E-state index contributed by atoms with van der Waals surface area (Å²) in [6, 6.07) is 35.9. The number of benzene rings is 6. The second-order valence-electron chi connectivity index (χ2n) is 20.5. The van der Waals surface area contributed by atoms with Crippen LogP contribution in [0, 0.1) is 34.9 Å². The van der Waals surface area contributed by atoms with Gasteiger partial charge < -0.3 is 31.4 Å². The molecular weight excluding hydrogens is 1170 g/mol. The lowest BCUT2D eigenvalue weighted by molar-refractivity contribution is -0.130. The van der Waals surface area contributed by atoms with Crippen LogP contribution in [-0.2, 0) is 31.0 Å². The van der Waals surface area contributed by atoms with Crippen LogP contribution < -0.4 is 31.4 Å². The third-order valence-corrected chi connectivity index (χ3v) is 15.6. The first-order valence-corrected chi connectivity index (χ1v) is 27.2. The van der Waals surface area contributed by atoms with E-state index < -0.39 is 69.2 Å². The maximum absolute atomic E-state index is 14.6. The lowest BCUT2D eigenvalue weighted by Crippen LogP contribution is -2.41. The molecule has 90 heavy (non-hydrogen) atoms. The van der Waals surface area contributed by atoms with E-state index in [9.17, 15) is 40.7 Å². The minimum Gasteiger partial charge on any atom is -0.497 e. The highest BCUT2D eigenvalue weighted by atomic mass is 19.1. The van der Waals surface area contributed by atoms with E-state index in [1.165, 1.54) is 149 Å². The third-order valence-electron chi connectivity index (χ3n) is 15.6. The second kappa shape index (κ2) is 24.7. The van der Waals surface area contributed by atoms with Crippen LogP contribution in [0.15, 0.2) is 198 Å². The van der Waals surface area contributed by atoms with Gasteiger partial charge in [0.05, 0.1) is 21.3 Å². The minimum absolute atomic E-state index is 0.0162. The van der Waals surface area contributed by atoms with Gasteiger partial charge in [-0.3, -0.25) is 44.0 Å². The summed E-state index contributed by atoms with van der Waals surface area (Å²) < 4.78 is 102. The zero-order chi connectivity index (χ0) is 64.4. The van der Waals surface area contributed by atoms with Crippen LogP contribution in [0.1, 0.15) is 33.4 Å². The molecule has 6 N–H and O–H groups in total.